The highest BCUT2D eigenvalue weighted by atomic mass is 35.5. The van der Waals surface area contributed by atoms with E-state index in [0.29, 0.717) is 22.2 Å². The Hall–Kier alpha value is -1.68. The van der Waals surface area contributed by atoms with E-state index in [1.54, 1.807) is 18.2 Å². The first kappa shape index (κ1) is 11.8. The molecule has 0 saturated heterocycles. The molecule has 1 aromatic carbocycles. The van der Waals surface area contributed by atoms with Crippen LogP contribution in [0, 0.1) is 12.7 Å². The van der Waals surface area contributed by atoms with E-state index in [2.05, 4.69) is 9.97 Å². The van der Waals surface area contributed by atoms with Gasteiger partial charge < -0.3 is 5.73 Å². The van der Waals surface area contributed by atoms with Crippen molar-refractivity contribution in [3.8, 4) is 0 Å². The lowest BCUT2D eigenvalue weighted by atomic mass is 10.1. The highest BCUT2D eigenvalue weighted by molar-refractivity contribution is 6.31. The molecule has 0 atom stereocenters. The van der Waals surface area contributed by atoms with Gasteiger partial charge in [-0.2, -0.15) is 0 Å². The number of halogens is 2. The Balaban J connectivity index is 2.38. The van der Waals surface area contributed by atoms with Crippen LogP contribution in [-0.2, 0) is 6.42 Å². The van der Waals surface area contributed by atoms with Gasteiger partial charge in [0, 0.05) is 28.8 Å². The van der Waals surface area contributed by atoms with E-state index in [0.717, 1.165) is 5.69 Å². The molecule has 0 unspecified atom stereocenters. The molecule has 0 spiro atoms. The lowest BCUT2D eigenvalue weighted by Gasteiger charge is -2.06. The number of aryl methyl sites for hydroxylation is 1. The Labute approximate surface area is 103 Å². The summed E-state index contributed by atoms with van der Waals surface area (Å²) in [5.41, 5.74) is 6.75. The van der Waals surface area contributed by atoms with Crippen LogP contribution in [0.4, 0.5) is 10.2 Å². The van der Waals surface area contributed by atoms with Crippen molar-refractivity contribution in [2.75, 3.05) is 5.73 Å². The van der Waals surface area contributed by atoms with Gasteiger partial charge in [-0.25, -0.2) is 14.4 Å². The molecule has 0 aliphatic rings. The Morgan fingerprint density at radius 1 is 1.35 bits per heavy atom. The standard InChI is InChI=1S/C12H11ClFN3/c1-7-5-11(15)17-12(16-7)6-8-9(13)3-2-4-10(8)14/h2-5H,6H2,1H3,(H2,15,16,17). The molecule has 0 bridgehead atoms. The van der Waals surface area contributed by atoms with Gasteiger partial charge in [0.2, 0.25) is 0 Å². The summed E-state index contributed by atoms with van der Waals surface area (Å²) < 4.78 is 13.6. The summed E-state index contributed by atoms with van der Waals surface area (Å²) in [6, 6.07) is 6.22. The van der Waals surface area contributed by atoms with Crippen LogP contribution in [0.3, 0.4) is 0 Å². The zero-order valence-electron chi connectivity index (χ0n) is 9.24. The third kappa shape index (κ3) is 2.71. The van der Waals surface area contributed by atoms with Crippen LogP contribution in [-0.4, -0.2) is 9.97 Å². The Morgan fingerprint density at radius 3 is 2.76 bits per heavy atom. The second-order valence-corrected chi connectivity index (χ2v) is 4.13. The molecular weight excluding hydrogens is 241 g/mol. The molecule has 5 heteroatoms. The van der Waals surface area contributed by atoms with Crippen LogP contribution >= 0.6 is 11.6 Å². The fourth-order valence-corrected chi connectivity index (χ4v) is 1.82. The highest BCUT2D eigenvalue weighted by Gasteiger charge is 2.10. The first-order valence-electron chi connectivity index (χ1n) is 5.09. The molecule has 2 N–H and O–H groups in total. The number of benzene rings is 1. The molecule has 0 amide bonds. The molecule has 0 aliphatic carbocycles. The number of nitrogens with zero attached hydrogens (tertiary/aromatic N) is 2. The summed E-state index contributed by atoms with van der Waals surface area (Å²) in [5.74, 6) is 0.482. The average Bonchev–Trinajstić information content (AvgIpc) is 2.22. The fraction of sp³-hybridized carbons (Fsp3) is 0.167. The molecule has 17 heavy (non-hydrogen) atoms. The number of hydrogen-bond donors (Lipinski definition) is 1. The molecular formula is C12H11ClFN3. The van der Waals surface area contributed by atoms with E-state index >= 15 is 0 Å². The van der Waals surface area contributed by atoms with Gasteiger partial charge in [0.25, 0.3) is 0 Å². The maximum absolute atomic E-state index is 13.6. The summed E-state index contributed by atoms with van der Waals surface area (Å²) in [7, 11) is 0. The summed E-state index contributed by atoms with van der Waals surface area (Å²) in [4.78, 5) is 8.25. The van der Waals surface area contributed by atoms with Crippen LogP contribution in [0.1, 0.15) is 17.1 Å². The van der Waals surface area contributed by atoms with Crippen molar-refractivity contribution in [3.63, 3.8) is 0 Å². The van der Waals surface area contributed by atoms with Crippen LogP contribution in [0.15, 0.2) is 24.3 Å². The SMILES string of the molecule is Cc1cc(N)nc(Cc2c(F)cccc2Cl)n1. The van der Waals surface area contributed by atoms with Crippen molar-refractivity contribution in [1.82, 2.24) is 9.97 Å². The minimum atomic E-state index is -0.360. The molecule has 0 fully saturated rings. The summed E-state index contributed by atoms with van der Waals surface area (Å²) in [5, 5.41) is 0.369. The Morgan fingerprint density at radius 2 is 2.12 bits per heavy atom. The van der Waals surface area contributed by atoms with Crippen molar-refractivity contribution >= 4 is 17.4 Å². The van der Waals surface area contributed by atoms with Gasteiger partial charge >= 0.3 is 0 Å². The number of anilines is 1. The second-order valence-electron chi connectivity index (χ2n) is 3.73. The zero-order valence-corrected chi connectivity index (χ0v) is 10.0. The fourth-order valence-electron chi connectivity index (χ4n) is 1.59. The summed E-state index contributed by atoms with van der Waals surface area (Å²) >= 11 is 5.93. The Kier molecular flexibility index (Phi) is 3.24. The van der Waals surface area contributed by atoms with Gasteiger partial charge in [-0.1, -0.05) is 17.7 Å². The first-order chi connectivity index (χ1) is 8.06. The smallest absolute Gasteiger partial charge is 0.135 e. The largest absolute Gasteiger partial charge is 0.384 e. The molecule has 1 aromatic heterocycles. The second kappa shape index (κ2) is 4.67. The molecule has 1 heterocycles. The van der Waals surface area contributed by atoms with Crippen molar-refractivity contribution < 1.29 is 4.39 Å². The quantitative estimate of drug-likeness (QED) is 0.893. The first-order valence-corrected chi connectivity index (χ1v) is 5.47. The van der Waals surface area contributed by atoms with E-state index in [4.69, 9.17) is 17.3 Å². The maximum Gasteiger partial charge on any atom is 0.135 e. The number of hydrogen-bond acceptors (Lipinski definition) is 3. The third-order valence-corrected chi connectivity index (χ3v) is 2.67. The van der Waals surface area contributed by atoms with Crippen molar-refractivity contribution in [2.24, 2.45) is 0 Å². The van der Waals surface area contributed by atoms with Gasteiger partial charge in [-0.05, 0) is 19.1 Å². The van der Waals surface area contributed by atoms with Gasteiger partial charge in [0.15, 0.2) is 0 Å². The third-order valence-electron chi connectivity index (χ3n) is 2.32. The van der Waals surface area contributed by atoms with Gasteiger partial charge in [-0.15, -0.1) is 0 Å². The van der Waals surface area contributed by atoms with Crippen molar-refractivity contribution in [3.05, 3.63) is 52.2 Å². The van der Waals surface area contributed by atoms with Crippen LogP contribution in [0.2, 0.25) is 5.02 Å². The minimum absolute atomic E-state index is 0.234. The lowest BCUT2D eigenvalue weighted by molar-refractivity contribution is 0.612. The van der Waals surface area contributed by atoms with Crippen molar-refractivity contribution in [2.45, 2.75) is 13.3 Å². The zero-order chi connectivity index (χ0) is 12.4. The van der Waals surface area contributed by atoms with Gasteiger partial charge in [0.1, 0.15) is 17.5 Å². The molecule has 0 aliphatic heterocycles. The van der Waals surface area contributed by atoms with Crippen LogP contribution < -0.4 is 5.73 Å². The topological polar surface area (TPSA) is 51.8 Å². The number of nitrogen functional groups attached to an aromatic ring is 1. The van der Waals surface area contributed by atoms with E-state index in [1.807, 2.05) is 6.92 Å². The molecule has 0 saturated carbocycles. The normalized spacial score (nSPS) is 10.5. The van der Waals surface area contributed by atoms with Crippen LogP contribution in [0.25, 0.3) is 0 Å². The number of aromatic nitrogens is 2. The molecule has 0 radical (unpaired) electrons. The maximum atomic E-state index is 13.6. The van der Waals surface area contributed by atoms with Gasteiger partial charge in [0.05, 0.1) is 0 Å². The van der Waals surface area contributed by atoms with E-state index < -0.39 is 0 Å². The summed E-state index contributed by atoms with van der Waals surface area (Å²) in [6.07, 6.45) is 0.234. The molecule has 88 valence electrons. The lowest BCUT2D eigenvalue weighted by Crippen LogP contribution is -2.03. The van der Waals surface area contributed by atoms with Crippen LogP contribution in [0.5, 0.6) is 0 Å². The Bertz CT molecular complexity index is 517. The van der Waals surface area contributed by atoms with E-state index in [9.17, 15) is 4.39 Å². The summed E-state index contributed by atoms with van der Waals surface area (Å²) in [6.45, 7) is 1.81. The van der Waals surface area contributed by atoms with E-state index in [-0.39, 0.29) is 12.2 Å². The monoisotopic (exact) mass is 251 g/mol. The molecule has 3 nitrogen and oxygen atoms in total. The van der Waals surface area contributed by atoms with Crippen molar-refractivity contribution in [1.29, 1.82) is 0 Å². The highest BCUT2D eigenvalue weighted by Crippen LogP contribution is 2.21. The van der Waals surface area contributed by atoms with E-state index in [1.165, 1.54) is 6.07 Å². The molecule has 2 aromatic rings. The van der Waals surface area contributed by atoms with Gasteiger partial charge in [-0.3, -0.25) is 0 Å². The predicted octanol–water partition coefficient (Wildman–Crippen LogP) is 2.75. The minimum Gasteiger partial charge on any atom is -0.384 e. The number of rotatable bonds is 2. The average molecular weight is 252 g/mol. The number of nitrogens with two attached hydrogens (primary N) is 1. The molecule has 2 rings (SSSR count). The predicted molar refractivity (Wildman–Crippen MR) is 65.4 cm³/mol.